The van der Waals surface area contributed by atoms with Gasteiger partial charge in [-0.25, -0.2) is 0 Å². The summed E-state index contributed by atoms with van der Waals surface area (Å²) in [6.45, 7) is 2.19. The molecule has 0 amide bonds. The number of alkyl halides is 3. The first-order chi connectivity index (χ1) is 8.42. The second-order valence-corrected chi connectivity index (χ2v) is 6.90. The summed E-state index contributed by atoms with van der Waals surface area (Å²) in [5, 5.41) is 4.01. The molecule has 2 atom stereocenters. The third-order valence-corrected chi connectivity index (χ3v) is 4.75. The number of nitrogens with one attached hydrogen (secondary N) is 1. The van der Waals surface area contributed by atoms with Gasteiger partial charge in [0.1, 0.15) is 0 Å². The van der Waals surface area contributed by atoms with Crippen molar-refractivity contribution < 1.29 is 13.2 Å². The van der Waals surface area contributed by atoms with Crippen molar-refractivity contribution in [3.63, 3.8) is 0 Å². The molecule has 1 aliphatic rings. The van der Waals surface area contributed by atoms with Gasteiger partial charge in [0.15, 0.2) is 0 Å². The van der Waals surface area contributed by atoms with Crippen LogP contribution >= 0.6 is 23.5 Å². The number of thioether (sulfide) groups is 2. The van der Waals surface area contributed by atoms with Gasteiger partial charge >= 0.3 is 5.51 Å². The smallest absolute Gasteiger partial charge is 0.381 e. The predicted octanol–water partition coefficient (Wildman–Crippen LogP) is 4.60. The molecule has 0 bridgehead atoms. The summed E-state index contributed by atoms with van der Waals surface area (Å²) in [6, 6.07) is 6.85. The van der Waals surface area contributed by atoms with Crippen LogP contribution in [0.4, 0.5) is 18.9 Å². The molecule has 1 heterocycles. The van der Waals surface area contributed by atoms with Crippen molar-refractivity contribution in [1.29, 1.82) is 0 Å². The van der Waals surface area contributed by atoms with Gasteiger partial charge in [-0.2, -0.15) is 24.9 Å². The standard InChI is InChI=1S/C12H14F3NS2/c1-8-6-10(7-17-8)16-9-2-4-11(5-3-9)18-12(13,14)15/h2-5,8,10,16H,6-7H2,1H3. The molecule has 1 N–H and O–H groups in total. The highest BCUT2D eigenvalue weighted by atomic mass is 32.2. The van der Waals surface area contributed by atoms with Crippen LogP contribution in [0.3, 0.4) is 0 Å². The van der Waals surface area contributed by atoms with E-state index in [2.05, 4.69) is 12.2 Å². The molecule has 0 spiro atoms. The predicted molar refractivity (Wildman–Crippen MR) is 72.3 cm³/mol. The van der Waals surface area contributed by atoms with Gasteiger partial charge in [-0.15, -0.1) is 0 Å². The minimum absolute atomic E-state index is 0.0793. The molecule has 1 saturated heterocycles. The topological polar surface area (TPSA) is 12.0 Å². The lowest BCUT2D eigenvalue weighted by Crippen LogP contribution is -2.18. The van der Waals surface area contributed by atoms with Crippen molar-refractivity contribution in [3.05, 3.63) is 24.3 Å². The van der Waals surface area contributed by atoms with E-state index in [0.29, 0.717) is 11.3 Å². The minimum Gasteiger partial charge on any atom is -0.381 e. The van der Waals surface area contributed by atoms with E-state index in [1.54, 1.807) is 12.1 Å². The Balaban J connectivity index is 1.91. The fraction of sp³-hybridized carbons (Fsp3) is 0.500. The highest BCUT2D eigenvalue weighted by Gasteiger charge is 2.29. The average molecular weight is 293 g/mol. The zero-order valence-corrected chi connectivity index (χ0v) is 11.5. The first-order valence-electron chi connectivity index (χ1n) is 5.66. The van der Waals surface area contributed by atoms with Crippen LogP contribution in [0.1, 0.15) is 13.3 Å². The van der Waals surface area contributed by atoms with Gasteiger partial charge in [-0.05, 0) is 42.4 Å². The molecule has 1 aliphatic heterocycles. The summed E-state index contributed by atoms with van der Waals surface area (Å²) in [7, 11) is 0. The van der Waals surface area contributed by atoms with Crippen LogP contribution in [0.15, 0.2) is 29.2 Å². The fourth-order valence-electron chi connectivity index (χ4n) is 1.91. The Morgan fingerprint density at radius 2 is 1.94 bits per heavy atom. The third-order valence-electron chi connectivity index (χ3n) is 2.66. The van der Waals surface area contributed by atoms with E-state index in [1.807, 2.05) is 11.8 Å². The van der Waals surface area contributed by atoms with Crippen molar-refractivity contribution in [1.82, 2.24) is 0 Å². The molecule has 2 rings (SSSR count). The second-order valence-electron chi connectivity index (χ2n) is 4.29. The van der Waals surface area contributed by atoms with Gasteiger partial charge in [0.25, 0.3) is 0 Å². The van der Waals surface area contributed by atoms with Crippen molar-refractivity contribution in [2.75, 3.05) is 11.1 Å². The van der Waals surface area contributed by atoms with E-state index in [0.717, 1.165) is 17.9 Å². The summed E-state index contributed by atoms with van der Waals surface area (Å²) in [4.78, 5) is 0.224. The molecule has 2 unspecified atom stereocenters. The monoisotopic (exact) mass is 293 g/mol. The lowest BCUT2D eigenvalue weighted by Gasteiger charge is -2.13. The van der Waals surface area contributed by atoms with E-state index < -0.39 is 5.51 Å². The second kappa shape index (κ2) is 5.65. The molecular weight excluding hydrogens is 279 g/mol. The van der Waals surface area contributed by atoms with Gasteiger partial charge in [-0.3, -0.25) is 0 Å². The van der Waals surface area contributed by atoms with E-state index >= 15 is 0 Å². The van der Waals surface area contributed by atoms with Crippen LogP contribution in [0.25, 0.3) is 0 Å². The third kappa shape index (κ3) is 4.31. The van der Waals surface area contributed by atoms with Crippen LogP contribution in [-0.2, 0) is 0 Å². The number of hydrogen-bond acceptors (Lipinski definition) is 3. The number of halogens is 3. The Labute approximate surface area is 113 Å². The zero-order chi connectivity index (χ0) is 13.2. The average Bonchev–Trinajstić information content (AvgIpc) is 2.65. The normalized spacial score (nSPS) is 24.2. The van der Waals surface area contributed by atoms with Gasteiger partial charge in [0, 0.05) is 27.6 Å². The van der Waals surface area contributed by atoms with Crippen molar-refractivity contribution in [2.45, 2.75) is 35.0 Å². The highest BCUT2D eigenvalue weighted by Crippen LogP contribution is 2.37. The molecule has 0 radical (unpaired) electrons. The lowest BCUT2D eigenvalue weighted by atomic mass is 10.2. The number of rotatable bonds is 3. The molecule has 100 valence electrons. The van der Waals surface area contributed by atoms with E-state index in [9.17, 15) is 13.2 Å². The van der Waals surface area contributed by atoms with Crippen LogP contribution in [0, 0.1) is 0 Å². The van der Waals surface area contributed by atoms with Crippen molar-refractivity contribution >= 4 is 29.2 Å². The Bertz CT molecular complexity index is 391. The molecule has 0 saturated carbocycles. The molecule has 1 fully saturated rings. The first-order valence-corrected chi connectivity index (χ1v) is 7.53. The van der Waals surface area contributed by atoms with E-state index in [1.165, 1.54) is 12.1 Å². The summed E-state index contributed by atoms with van der Waals surface area (Å²) in [5.74, 6) is 1.06. The molecule has 6 heteroatoms. The Kier molecular flexibility index (Phi) is 4.37. The molecule has 1 aromatic rings. The maximum atomic E-state index is 12.2. The zero-order valence-electron chi connectivity index (χ0n) is 9.83. The maximum absolute atomic E-state index is 12.2. The lowest BCUT2D eigenvalue weighted by molar-refractivity contribution is -0.0328. The molecule has 0 aromatic heterocycles. The summed E-state index contributed by atoms with van der Waals surface area (Å²) < 4.78 is 36.5. The molecule has 1 aromatic carbocycles. The van der Waals surface area contributed by atoms with E-state index in [-0.39, 0.29) is 16.7 Å². The van der Waals surface area contributed by atoms with Gasteiger partial charge in [0.2, 0.25) is 0 Å². The van der Waals surface area contributed by atoms with Crippen LogP contribution in [-0.4, -0.2) is 22.6 Å². The molecule has 18 heavy (non-hydrogen) atoms. The Hall–Kier alpha value is -0.490. The summed E-state index contributed by atoms with van der Waals surface area (Å²) in [6.07, 6.45) is 1.10. The largest absolute Gasteiger partial charge is 0.446 e. The number of benzene rings is 1. The van der Waals surface area contributed by atoms with Crippen LogP contribution < -0.4 is 5.32 Å². The van der Waals surface area contributed by atoms with E-state index in [4.69, 9.17) is 0 Å². The molecule has 0 aliphatic carbocycles. The molecular formula is C12H14F3NS2. The fourth-order valence-corrected chi connectivity index (χ4v) is 3.59. The minimum atomic E-state index is -4.22. The molecule has 1 nitrogen and oxygen atoms in total. The van der Waals surface area contributed by atoms with Crippen molar-refractivity contribution in [2.24, 2.45) is 0 Å². The number of hydrogen-bond donors (Lipinski definition) is 1. The SMILES string of the molecule is CC1CC(Nc2ccc(SC(F)(F)F)cc2)CS1. The van der Waals surface area contributed by atoms with Crippen molar-refractivity contribution in [3.8, 4) is 0 Å². The first kappa shape index (κ1) is 13.9. The van der Waals surface area contributed by atoms with Crippen LogP contribution in [0.5, 0.6) is 0 Å². The summed E-state index contributed by atoms with van der Waals surface area (Å²) >= 11 is 1.84. The quantitative estimate of drug-likeness (QED) is 0.818. The highest BCUT2D eigenvalue weighted by molar-refractivity contribution is 8.00. The Morgan fingerprint density at radius 1 is 1.28 bits per heavy atom. The maximum Gasteiger partial charge on any atom is 0.446 e. The van der Waals surface area contributed by atoms with Gasteiger partial charge < -0.3 is 5.32 Å². The Morgan fingerprint density at radius 3 is 2.44 bits per heavy atom. The van der Waals surface area contributed by atoms with Gasteiger partial charge in [0.05, 0.1) is 0 Å². The summed E-state index contributed by atoms with van der Waals surface area (Å²) in [5.41, 5.74) is -3.33. The number of anilines is 1. The van der Waals surface area contributed by atoms with Gasteiger partial charge in [-0.1, -0.05) is 6.92 Å². The van der Waals surface area contributed by atoms with Crippen LogP contribution in [0.2, 0.25) is 0 Å².